The number of nitrogens with one attached hydrogen (secondary N) is 2. The molecule has 1 unspecified atom stereocenters. The molecule has 1 aliphatic rings. The molecular weight excluding hydrogens is 351 g/mol. The minimum Gasteiger partial charge on any atom is -0.301 e. The van der Waals surface area contributed by atoms with Gasteiger partial charge in [0.1, 0.15) is 6.04 Å². The Bertz CT molecular complexity index is 707. The van der Waals surface area contributed by atoms with Crippen molar-refractivity contribution in [3.05, 3.63) is 46.5 Å². The van der Waals surface area contributed by atoms with Crippen LogP contribution in [0.3, 0.4) is 0 Å². The van der Waals surface area contributed by atoms with Crippen molar-refractivity contribution in [3.63, 3.8) is 0 Å². The molecule has 1 aliphatic carbocycles. The maximum atomic E-state index is 13.2. The van der Waals surface area contributed by atoms with Crippen LogP contribution in [0.25, 0.3) is 0 Å². The Hall–Kier alpha value is -1.93. The fourth-order valence-electron chi connectivity index (χ4n) is 2.83. The summed E-state index contributed by atoms with van der Waals surface area (Å²) < 4.78 is 39.7. The lowest BCUT2D eigenvalue weighted by molar-refractivity contribution is -0.158. The van der Waals surface area contributed by atoms with E-state index in [1.807, 2.05) is 0 Å². The van der Waals surface area contributed by atoms with Gasteiger partial charge in [0.15, 0.2) is 5.13 Å². The number of alkyl halides is 3. The van der Waals surface area contributed by atoms with Crippen LogP contribution in [0, 0.1) is 0 Å². The molecule has 0 saturated heterocycles. The first kappa shape index (κ1) is 17.9. The largest absolute Gasteiger partial charge is 0.407 e. The van der Waals surface area contributed by atoms with Gasteiger partial charge in [0, 0.05) is 4.88 Å². The molecule has 1 atom stereocenters. The number of aryl methyl sites for hydroxylation is 2. The van der Waals surface area contributed by atoms with Crippen molar-refractivity contribution in [1.29, 1.82) is 0 Å². The molecule has 0 saturated carbocycles. The number of anilines is 1. The van der Waals surface area contributed by atoms with Gasteiger partial charge in [0.05, 0.1) is 12.2 Å². The average molecular weight is 369 g/mol. The molecule has 1 aromatic heterocycles. The summed E-state index contributed by atoms with van der Waals surface area (Å²) in [6.45, 7) is -0.441. The highest BCUT2D eigenvalue weighted by Crippen LogP contribution is 2.32. The van der Waals surface area contributed by atoms with Crippen molar-refractivity contribution < 1.29 is 18.0 Å². The third-order valence-corrected chi connectivity index (χ3v) is 5.09. The van der Waals surface area contributed by atoms with Crippen LogP contribution in [-0.4, -0.2) is 23.6 Å². The van der Waals surface area contributed by atoms with Gasteiger partial charge in [-0.15, -0.1) is 11.3 Å². The molecule has 25 heavy (non-hydrogen) atoms. The van der Waals surface area contributed by atoms with Crippen LogP contribution in [-0.2, 0) is 17.6 Å². The number of nitrogens with zero attached hydrogens (tertiary/aromatic N) is 1. The SMILES string of the molecule is O=C(CNC(c1ccccc1)C(F)(F)F)Nc1nc2c(s1)CCCC2. The topological polar surface area (TPSA) is 54.0 Å². The van der Waals surface area contributed by atoms with Crippen molar-refractivity contribution in [2.24, 2.45) is 0 Å². The zero-order valence-electron chi connectivity index (χ0n) is 13.4. The molecular formula is C17H18F3N3OS. The molecule has 0 spiro atoms. The van der Waals surface area contributed by atoms with Gasteiger partial charge >= 0.3 is 6.18 Å². The maximum absolute atomic E-state index is 13.2. The standard InChI is InChI=1S/C17H18F3N3OS/c18-17(19,20)15(11-6-2-1-3-7-11)21-10-14(24)23-16-22-12-8-4-5-9-13(12)25-16/h1-3,6-7,15,21H,4-5,8-10H2,(H,22,23,24). The molecule has 0 bridgehead atoms. The highest BCUT2D eigenvalue weighted by Gasteiger charge is 2.40. The lowest BCUT2D eigenvalue weighted by Crippen LogP contribution is -2.38. The van der Waals surface area contributed by atoms with Crippen LogP contribution in [0.1, 0.15) is 35.0 Å². The second-order valence-corrected chi connectivity index (χ2v) is 6.99. The molecule has 134 valence electrons. The van der Waals surface area contributed by atoms with E-state index in [4.69, 9.17) is 0 Å². The van der Waals surface area contributed by atoms with Crippen molar-refractivity contribution in [2.75, 3.05) is 11.9 Å². The Morgan fingerprint density at radius 1 is 1.20 bits per heavy atom. The van der Waals surface area contributed by atoms with Gasteiger partial charge in [-0.1, -0.05) is 30.3 Å². The number of carbonyl (C=O) groups excluding carboxylic acids is 1. The van der Waals surface area contributed by atoms with E-state index in [2.05, 4.69) is 15.6 Å². The fraction of sp³-hybridized carbons (Fsp3) is 0.412. The van der Waals surface area contributed by atoms with Gasteiger partial charge in [-0.05, 0) is 31.2 Å². The predicted molar refractivity (Wildman–Crippen MR) is 90.6 cm³/mol. The van der Waals surface area contributed by atoms with Crippen molar-refractivity contribution >= 4 is 22.4 Å². The summed E-state index contributed by atoms with van der Waals surface area (Å²) in [4.78, 5) is 17.5. The van der Waals surface area contributed by atoms with Crippen molar-refractivity contribution in [2.45, 2.75) is 37.9 Å². The lowest BCUT2D eigenvalue weighted by Gasteiger charge is -2.21. The van der Waals surface area contributed by atoms with E-state index in [1.165, 1.54) is 35.6 Å². The van der Waals surface area contributed by atoms with Crippen LogP contribution in [0.5, 0.6) is 0 Å². The van der Waals surface area contributed by atoms with Gasteiger partial charge in [0.25, 0.3) is 0 Å². The second kappa shape index (κ2) is 7.53. The Kier molecular flexibility index (Phi) is 5.39. The Labute approximate surface area is 147 Å². The number of hydrogen-bond donors (Lipinski definition) is 2. The Morgan fingerprint density at radius 3 is 2.60 bits per heavy atom. The van der Waals surface area contributed by atoms with E-state index >= 15 is 0 Å². The molecule has 0 aliphatic heterocycles. The van der Waals surface area contributed by atoms with E-state index in [-0.39, 0.29) is 5.56 Å². The van der Waals surface area contributed by atoms with Crippen molar-refractivity contribution in [3.8, 4) is 0 Å². The summed E-state index contributed by atoms with van der Waals surface area (Å²) >= 11 is 1.41. The van der Waals surface area contributed by atoms with E-state index in [0.717, 1.165) is 36.3 Å². The van der Waals surface area contributed by atoms with Gasteiger partial charge in [-0.25, -0.2) is 4.98 Å². The summed E-state index contributed by atoms with van der Waals surface area (Å²) in [5.74, 6) is -0.531. The van der Waals surface area contributed by atoms with Crippen LogP contribution in [0.2, 0.25) is 0 Å². The number of halogens is 3. The minimum atomic E-state index is -4.48. The number of benzene rings is 1. The highest BCUT2D eigenvalue weighted by atomic mass is 32.1. The molecule has 4 nitrogen and oxygen atoms in total. The van der Waals surface area contributed by atoms with Gasteiger partial charge in [-0.2, -0.15) is 13.2 Å². The molecule has 1 heterocycles. The molecule has 1 aromatic carbocycles. The number of carbonyl (C=O) groups is 1. The zero-order valence-corrected chi connectivity index (χ0v) is 14.2. The molecule has 2 aromatic rings. The third kappa shape index (κ3) is 4.58. The second-order valence-electron chi connectivity index (χ2n) is 5.91. The quantitative estimate of drug-likeness (QED) is 0.842. The first-order chi connectivity index (χ1) is 11.9. The third-order valence-electron chi connectivity index (χ3n) is 4.02. The number of aromatic nitrogens is 1. The number of thiazole rings is 1. The van der Waals surface area contributed by atoms with E-state index in [0.29, 0.717) is 5.13 Å². The smallest absolute Gasteiger partial charge is 0.301 e. The number of rotatable bonds is 5. The maximum Gasteiger partial charge on any atom is 0.407 e. The summed E-state index contributed by atoms with van der Waals surface area (Å²) in [5, 5.41) is 5.35. The van der Waals surface area contributed by atoms with Gasteiger partial charge in [-0.3, -0.25) is 10.1 Å². The summed E-state index contributed by atoms with van der Waals surface area (Å²) in [7, 11) is 0. The van der Waals surface area contributed by atoms with Gasteiger partial charge < -0.3 is 5.32 Å². The summed E-state index contributed by atoms with van der Waals surface area (Å²) in [6.07, 6.45) is -0.457. The van der Waals surface area contributed by atoms with Crippen molar-refractivity contribution in [1.82, 2.24) is 10.3 Å². The lowest BCUT2D eigenvalue weighted by atomic mass is 10.0. The first-order valence-electron chi connectivity index (χ1n) is 8.07. The molecule has 8 heteroatoms. The van der Waals surface area contributed by atoms with E-state index in [9.17, 15) is 18.0 Å². The minimum absolute atomic E-state index is 0.0764. The zero-order chi connectivity index (χ0) is 17.9. The van der Waals surface area contributed by atoms with Crippen LogP contribution < -0.4 is 10.6 Å². The first-order valence-corrected chi connectivity index (χ1v) is 8.88. The normalized spacial score (nSPS) is 15.5. The predicted octanol–water partition coefficient (Wildman–Crippen LogP) is 3.85. The molecule has 0 fully saturated rings. The molecule has 2 N–H and O–H groups in total. The summed E-state index contributed by atoms with van der Waals surface area (Å²) in [6, 6.07) is 5.61. The Morgan fingerprint density at radius 2 is 1.92 bits per heavy atom. The van der Waals surface area contributed by atoms with E-state index < -0.39 is 24.7 Å². The highest BCUT2D eigenvalue weighted by molar-refractivity contribution is 7.15. The average Bonchev–Trinajstić information content (AvgIpc) is 2.96. The number of fused-ring (bicyclic) bond motifs is 1. The molecule has 1 amide bonds. The van der Waals surface area contributed by atoms with Gasteiger partial charge in [0.2, 0.25) is 5.91 Å². The van der Waals surface area contributed by atoms with Crippen LogP contribution in [0.15, 0.2) is 30.3 Å². The number of amides is 1. The van der Waals surface area contributed by atoms with E-state index in [1.54, 1.807) is 6.07 Å². The monoisotopic (exact) mass is 369 g/mol. The fourth-order valence-corrected chi connectivity index (χ4v) is 3.90. The summed E-state index contributed by atoms with van der Waals surface area (Å²) in [5.41, 5.74) is 1.07. The van der Waals surface area contributed by atoms with Crippen LogP contribution in [0.4, 0.5) is 18.3 Å². The Balaban J connectivity index is 1.61. The molecule has 0 radical (unpaired) electrons. The number of hydrogen-bond acceptors (Lipinski definition) is 4. The molecule has 3 rings (SSSR count). The van der Waals surface area contributed by atoms with Crippen LogP contribution >= 0.6 is 11.3 Å².